The van der Waals surface area contributed by atoms with Gasteiger partial charge in [0.05, 0.1) is 11.0 Å². The highest BCUT2D eigenvalue weighted by Crippen LogP contribution is 2.31. The molecule has 112 valence electrons. The summed E-state index contributed by atoms with van der Waals surface area (Å²) in [5, 5.41) is 10.5. The van der Waals surface area contributed by atoms with Gasteiger partial charge in [0.15, 0.2) is 0 Å². The summed E-state index contributed by atoms with van der Waals surface area (Å²) in [5.74, 6) is -1.20. The van der Waals surface area contributed by atoms with Gasteiger partial charge in [-0.1, -0.05) is 6.07 Å². The van der Waals surface area contributed by atoms with Crippen LogP contribution in [0.1, 0.15) is 18.6 Å². The lowest BCUT2D eigenvalue weighted by molar-refractivity contribution is -0.387. The van der Waals surface area contributed by atoms with Crippen LogP contribution < -0.4 is 0 Å². The van der Waals surface area contributed by atoms with Gasteiger partial charge in [0, 0.05) is 6.07 Å². The molecule has 0 saturated heterocycles. The first-order valence-electron chi connectivity index (χ1n) is 4.89. The summed E-state index contributed by atoms with van der Waals surface area (Å²) in [4.78, 5) is 9.37. The van der Waals surface area contributed by atoms with Gasteiger partial charge in [0.1, 0.15) is 0 Å². The molecule has 1 rings (SSSR count). The molecular formula is C9H7F4NO5S. The van der Waals surface area contributed by atoms with E-state index < -0.39 is 38.2 Å². The highest BCUT2D eigenvalue weighted by atomic mass is 32.2. The standard InChI is InChI=1S/C9H7F4NO5S/c1-5(19-20(17,18)9(11,12)13)6-2-3-7(10)8(4-6)14(15)16/h2-5H,1H3. The molecule has 1 unspecified atom stereocenters. The largest absolute Gasteiger partial charge is 0.523 e. The number of hydrogen-bond donors (Lipinski definition) is 0. The molecule has 20 heavy (non-hydrogen) atoms. The lowest BCUT2D eigenvalue weighted by Crippen LogP contribution is -2.26. The van der Waals surface area contributed by atoms with Gasteiger partial charge in [0.2, 0.25) is 5.82 Å². The zero-order chi connectivity index (χ0) is 15.7. The van der Waals surface area contributed by atoms with E-state index in [0.29, 0.717) is 12.1 Å². The molecule has 11 heteroatoms. The van der Waals surface area contributed by atoms with Crippen molar-refractivity contribution < 1.29 is 35.1 Å². The first kappa shape index (κ1) is 16.3. The zero-order valence-electron chi connectivity index (χ0n) is 9.72. The van der Waals surface area contributed by atoms with Crippen molar-refractivity contribution in [2.45, 2.75) is 18.5 Å². The van der Waals surface area contributed by atoms with Crippen LogP contribution in [0.2, 0.25) is 0 Å². The molecule has 0 amide bonds. The van der Waals surface area contributed by atoms with E-state index in [0.717, 1.165) is 13.0 Å². The molecule has 0 bridgehead atoms. The number of nitro groups is 1. The van der Waals surface area contributed by atoms with Gasteiger partial charge < -0.3 is 0 Å². The van der Waals surface area contributed by atoms with E-state index in [-0.39, 0.29) is 5.56 Å². The zero-order valence-corrected chi connectivity index (χ0v) is 10.5. The second kappa shape index (κ2) is 5.32. The van der Waals surface area contributed by atoms with Crippen LogP contribution >= 0.6 is 0 Å². The molecular weight excluding hydrogens is 310 g/mol. The lowest BCUT2D eigenvalue weighted by atomic mass is 10.1. The van der Waals surface area contributed by atoms with Crippen LogP contribution in [-0.4, -0.2) is 18.8 Å². The molecule has 0 aromatic heterocycles. The highest BCUT2D eigenvalue weighted by Gasteiger charge is 2.48. The normalized spacial score (nSPS) is 14.1. The second-order valence-electron chi connectivity index (χ2n) is 3.61. The molecule has 0 saturated carbocycles. The van der Waals surface area contributed by atoms with Gasteiger partial charge in [-0.15, -0.1) is 0 Å². The maximum atomic E-state index is 13.0. The summed E-state index contributed by atoms with van der Waals surface area (Å²) in [6.45, 7) is 0.931. The Kier molecular flexibility index (Phi) is 4.34. The van der Waals surface area contributed by atoms with Crippen molar-refractivity contribution in [3.63, 3.8) is 0 Å². The van der Waals surface area contributed by atoms with Gasteiger partial charge in [-0.3, -0.25) is 14.3 Å². The van der Waals surface area contributed by atoms with Gasteiger partial charge in [0.25, 0.3) is 0 Å². The van der Waals surface area contributed by atoms with Gasteiger partial charge in [-0.2, -0.15) is 26.0 Å². The Hall–Kier alpha value is -1.75. The van der Waals surface area contributed by atoms with Crippen LogP contribution in [0.5, 0.6) is 0 Å². The number of rotatable bonds is 4. The van der Waals surface area contributed by atoms with Crippen LogP contribution in [0.15, 0.2) is 18.2 Å². The molecule has 0 fully saturated rings. The number of benzene rings is 1. The second-order valence-corrected chi connectivity index (χ2v) is 5.17. The monoisotopic (exact) mass is 317 g/mol. The lowest BCUT2D eigenvalue weighted by Gasteiger charge is -2.14. The average Bonchev–Trinajstić information content (AvgIpc) is 2.26. The topological polar surface area (TPSA) is 86.5 Å². The molecule has 0 heterocycles. The number of hydrogen-bond acceptors (Lipinski definition) is 5. The van der Waals surface area contributed by atoms with Crippen LogP contribution in [0, 0.1) is 15.9 Å². The predicted octanol–water partition coefficient (Wildman–Crippen LogP) is 2.66. The quantitative estimate of drug-likeness (QED) is 0.280. The molecule has 1 aromatic rings. The molecule has 0 aliphatic carbocycles. The predicted molar refractivity (Wildman–Crippen MR) is 57.5 cm³/mol. The van der Waals surface area contributed by atoms with Crippen molar-refractivity contribution in [2.24, 2.45) is 0 Å². The van der Waals surface area contributed by atoms with Crippen molar-refractivity contribution in [3.8, 4) is 0 Å². The Bertz CT molecular complexity index is 628. The number of nitro benzene ring substituents is 1. The van der Waals surface area contributed by atoms with E-state index in [1.807, 2.05) is 0 Å². The minimum absolute atomic E-state index is 0.286. The van der Waals surface area contributed by atoms with E-state index in [2.05, 4.69) is 4.18 Å². The van der Waals surface area contributed by atoms with E-state index >= 15 is 0 Å². The summed E-state index contributed by atoms with van der Waals surface area (Å²) in [6.07, 6.45) is -1.67. The van der Waals surface area contributed by atoms with Crippen LogP contribution in [0.25, 0.3) is 0 Å². The van der Waals surface area contributed by atoms with Crippen molar-refractivity contribution in [2.75, 3.05) is 0 Å². The summed E-state index contributed by atoms with van der Waals surface area (Å²) < 4.78 is 74.7. The Morgan fingerprint density at radius 2 is 1.90 bits per heavy atom. The van der Waals surface area contributed by atoms with E-state index in [1.54, 1.807) is 0 Å². The van der Waals surface area contributed by atoms with Crippen molar-refractivity contribution in [1.29, 1.82) is 0 Å². The third-order valence-corrected chi connectivity index (χ3v) is 3.30. The number of nitrogens with zero attached hydrogens (tertiary/aromatic N) is 1. The molecule has 6 nitrogen and oxygen atoms in total. The molecule has 0 radical (unpaired) electrons. The summed E-state index contributed by atoms with van der Waals surface area (Å²) in [6, 6.07) is 2.12. The Labute approximate surface area is 110 Å². The summed E-state index contributed by atoms with van der Waals surface area (Å²) in [5.41, 5.74) is -6.90. The molecule has 1 aromatic carbocycles. The maximum absolute atomic E-state index is 13.0. The van der Waals surface area contributed by atoms with Gasteiger partial charge >= 0.3 is 21.3 Å². The van der Waals surface area contributed by atoms with E-state index in [1.165, 1.54) is 0 Å². The van der Waals surface area contributed by atoms with Crippen molar-refractivity contribution in [3.05, 3.63) is 39.7 Å². The summed E-state index contributed by atoms with van der Waals surface area (Å²) >= 11 is 0. The fourth-order valence-electron chi connectivity index (χ4n) is 1.22. The minimum Gasteiger partial charge on any atom is -0.258 e. The van der Waals surface area contributed by atoms with Gasteiger partial charge in [-0.05, 0) is 18.6 Å². The summed E-state index contributed by atoms with van der Waals surface area (Å²) in [7, 11) is -5.85. The average molecular weight is 317 g/mol. The number of halogens is 4. The maximum Gasteiger partial charge on any atom is 0.523 e. The third kappa shape index (κ3) is 3.42. The van der Waals surface area contributed by atoms with Gasteiger partial charge in [-0.25, -0.2) is 0 Å². The third-order valence-electron chi connectivity index (χ3n) is 2.19. The van der Waals surface area contributed by atoms with Crippen LogP contribution in [0.4, 0.5) is 23.2 Å². The fourth-order valence-corrected chi connectivity index (χ4v) is 1.82. The van der Waals surface area contributed by atoms with Crippen molar-refractivity contribution >= 4 is 15.8 Å². The fraction of sp³-hybridized carbons (Fsp3) is 0.333. The Balaban J connectivity index is 3.09. The smallest absolute Gasteiger partial charge is 0.258 e. The molecule has 0 N–H and O–H groups in total. The Morgan fingerprint density at radius 1 is 1.35 bits per heavy atom. The molecule has 0 aliphatic heterocycles. The van der Waals surface area contributed by atoms with E-state index in [4.69, 9.17) is 0 Å². The first-order valence-corrected chi connectivity index (χ1v) is 6.30. The SMILES string of the molecule is CC(OS(=O)(=O)C(F)(F)F)c1ccc(F)c([N+](=O)[O-])c1. The van der Waals surface area contributed by atoms with Crippen molar-refractivity contribution in [1.82, 2.24) is 0 Å². The molecule has 0 spiro atoms. The first-order chi connectivity index (χ1) is 8.95. The molecule has 0 aliphatic rings. The van der Waals surface area contributed by atoms with Crippen LogP contribution in [0.3, 0.4) is 0 Å². The Morgan fingerprint density at radius 3 is 2.35 bits per heavy atom. The highest BCUT2D eigenvalue weighted by molar-refractivity contribution is 7.87. The minimum atomic E-state index is -5.85. The van der Waals surface area contributed by atoms with E-state index in [9.17, 15) is 36.1 Å². The molecule has 1 atom stereocenters. The van der Waals surface area contributed by atoms with Crippen LogP contribution in [-0.2, 0) is 14.3 Å². The number of alkyl halides is 3.